The molecule has 1 atom stereocenters. The number of hydrogen-bond donors (Lipinski definition) is 0. The molecule has 0 spiro atoms. The predicted octanol–water partition coefficient (Wildman–Crippen LogP) is 6.38. The lowest BCUT2D eigenvalue weighted by Gasteiger charge is -2.16. The summed E-state index contributed by atoms with van der Waals surface area (Å²) in [6.45, 7) is 4.81. The Kier molecular flexibility index (Phi) is 6.62. The van der Waals surface area contributed by atoms with E-state index in [-0.39, 0.29) is 11.8 Å². The van der Waals surface area contributed by atoms with E-state index in [1.165, 1.54) is 18.2 Å². The molecular weight excluding hydrogens is 499 g/mol. The molecule has 1 aliphatic heterocycles. The van der Waals surface area contributed by atoms with Crippen molar-refractivity contribution in [3.8, 4) is 27.8 Å². The summed E-state index contributed by atoms with van der Waals surface area (Å²) >= 11 is 9.24. The van der Waals surface area contributed by atoms with Crippen molar-refractivity contribution in [3.63, 3.8) is 0 Å². The number of nitrogens with zero attached hydrogens (tertiary/aromatic N) is 4. The second kappa shape index (κ2) is 9.81. The number of rotatable bonds is 8. The zero-order valence-corrected chi connectivity index (χ0v) is 20.7. The highest BCUT2D eigenvalue weighted by atomic mass is 35.5. The van der Waals surface area contributed by atoms with Gasteiger partial charge in [0.25, 0.3) is 0 Å². The SMILES string of the molecule is CCn1c(SCc2csc(-c3ccc4c(c3)OCO4)n2)nnc1C(C)Oc1ccc(F)cc1Cl. The minimum absolute atomic E-state index is 0.214. The Hall–Kier alpha value is -2.82. The third-order valence-corrected chi connectivity index (χ3v) is 7.38. The van der Waals surface area contributed by atoms with Crippen molar-refractivity contribution in [1.29, 1.82) is 0 Å². The number of fused-ring (bicyclic) bond motifs is 1. The summed E-state index contributed by atoms with van der Waals surface area (Å²) in [5.41, 5.74) is 1.95. The predicted molar refractivity (Wildman–Crippen MR) is 129 cm³/mol. The average Bonchev–Trinajstić information content (AvgIpc) is 3.57. The Morgan fingerprint density at radius 3 is 2.88 bits per heavy atom. The number of halogens is 2. The molecule has 1 unspecified atom stereocenters. The van der Waals surface area contributed by atoms with Gasteiger partial charge in [0.15, 0.2) is 28.6 Å². The summed E-state index contributed by atoms with van der Waals surface area (Å²) in [4.78, 5) is 4.76. The van der Waals surface area contributed by atoms with Crippen molar-refractivity contribution < 1.29 is 18.6 Å². The highest BCUT2D eigenvalue weighted by Crippen LogP contribution is 2.37. The lowest BCUT2D eigenvalue weighted by Crippen LogP contribution is -2.12. The molecule has 11 heteroatoms. The van der Waals surface area contributed by atoms with Gasteiger partial charge in [-0.05, 0) is 50.2 Å². The monoisotopic (exact) mass is 518 g/mol. The van der Waals surface area contributed by atoms with Crippen LogP contribution < -0.4 is 14.2 Å². The number of aromatic nitrogens is 4. The summed E-state index contributed by atoms with van der Waals surface area (Å²) < 4.78 is 32.1. The molecule has 0 bridgehead atoms. The van der Waals surface area contributed by atoms with E-state index >= 15 is 0 Å². The van der Waals surface area contributed by atoms with Crippen LogP contribution in [0.5, 0.6) is 17.2 Å². The van der Waals surface area contributed by atoms with Crippen LogP contribution in [0.15, 0.2) is 46.9 Å². The van der Waals surface area contributed by atoms with Crippen LogP contribution in [0.2, 0.25) is 5.02 Å². The first kappa shape index (κ1) is 22.9. The molecule has 7 nitrogen and oxygen atoms in total. The van der Waals surface area contributed by atoms with E-state index in [9.17, 15) is 4.39 Å². The van der Waals surface area contributed by atoms with Crippen molar-refractivity contribution in [2.24, 2.45) is 0 Å². The maximum atomic E-state index is 13.3. The molecule has 0 saturated heterocycles. The minimum Gasteiger partial charge on any atom is -0.481 e. The highest BCUT2D eigenvalue weighted by Gasteiger charge is 2.20. The Morgan fingerprint density at radius 1 is 1.21 bits per heavy atom. The molecule has 0 saturated carbocycles. The molecule has 0 N–H and O–H groups in total. The van der Waals surface area contributed by atoms with Gasteiger partial charge in [-0.25, -0.2) is 9.37 Å². The number of ether oxygens (including phenoxy) is 3. The third kappa shape index (κ3) is 4.70. The molecule has 4 aromatic rings. The zero-order valence-electron chi connectivity index (χ0n) is 18.3. The van der Waals surface area contributed by atoms with Crippen LogP contribution in [-0.2, 0) is 12.3 Å². The van der Waals surface area contributed by atoms with Crippen LogP contribution in [-0.4, -0.2) is 26.5 Å². The second-order valence-corrected chi connectivity index (χ2v) is 9.63. The third-order valence-electron chi connectivity index (χ3n) is 5.14. The van der Waals surface area contributed by atoms with E-state index in [0.29, 0.717) is 23.9 Å². The van der Waals surface area contributed by atoms with Gasteiger partial charge in [-0.3, -0.25) is 0 Å². The van der Waals surface area contributed by atoms with E-state index in [2.05, 4.69) is 10.2 Å². The zero-order chi connectivity index (χ0) is 23.7. The van der Waals surface area contributed by atoms with Gasteiger partial charge >= 0.3 is 0 Å². The smallest absolute Gasteiger partial charge is 0.231 e. The fourth-order valence-electron chi connectivity index (χ4n) is 3.49. The lowest BCUT2D eigenvalue weighted by atomic mass is 10.2. The largest absolute Gasteiger partial charge is 0.481 e. The average molecular weight is 519 g/mol. The van der Waals surface area contributed by atoms with Crippen molar-refractivity contribution in [1.82, 2.24) is 19.7 Å². The van der Waals surface area contributed by atoms with E-state index in [1.54, 1.807) is 23.1 Å². The van der Waals surface area contributed by atoms with Crippen LogP contribution in [0.1, 0.15) is 31.5 Å². The highest BCUT2D eigenvalue weighted by molar-refractivity contribution is 7.98. The molecule has 2 aromatic carbocycles. The van der Waals surface area contributed by atoms with Crippen molar-refractivity contribution in [2.45, 2.75) is 37.4 Å². The number of benzene rings is 2. The van der Waals surface area contributed by atoms with Crippen LogP contribution in [0.3, 0.4) is 0 Å². The van der Waals surface area contributed by atoms with Crippen molar-refractivity contribution >= 4 is 34.7 Å². The van der Waals surface area contributed by atoms with Crippen molar-refractivity contribution in [3.05, 3.63) is 64.1 Å². The van der Waals surface area contributed by atoms with Gasteiger partial charge in [-0.1, -0.05) is 23.4 Å². The molecule has 0 amide bonds. The summed E-state index contributed by atoms with van der Waals surface area (Å²) in [5, 5.41) is 12.6. The Labute approximate surface area is 208 Å². The fraction of sp³-hybridized carbons (Fsp3) is 0.261. The van der Waals surface area contributed by atoms with E-state index in [1.807, 2.05) is 42.0 Å². The van der Waals surface area contributed by atoms with E-state index < -0.39 is 11.9 Å². The van der Waals surface area contributed by atoms with Gasteiger partial charge in [0.2, 0.25) is 6.79 Å². The maximum absolute atomic E-state index is 13.3. The van der Waals surface area contributed by atoms with Crippen LogP contribution in [0, 0.1) is 5.82 Å². The number of thioether (sulfide) groups is 1. The molecular formula is C23H20ClFN4O3S2. The lowest BCUT2D eigenvalue weighted by molar-refractivity contribution is 0.174. The van der Waals surface area contributed by atoms with E-state index in [4.69, 9.17) is 30.8 Å². The molecule has 176 valence electrons. The number of thiazole rings is 1. The Morgan fingerprint density at radius 2 is 2.06 bits per heavy atom. The van der Waals surface area contributed by atoms with Gasteiger partial charge < -0.3 is 18.8 Å². The normalized spacial score (nSPS) is 13.3. The molecule has 0 fully saturated rings. The van der Waals surface area contributed by atoms with Crippen LogP contribution in [0.4, 0.5) is 4.39 Å². The molecule has 2 aromatic heterocycles. The quantitative estimate of drug-likeness (QED) is 0.251. The van der Waals surface area contributed by atoms with Gasteiger partial charge in [-0.15, -0.1) is 21.5 Å². The Bertz CT molecular complexity index is 1330. The molecule has 3 heterocycles. The Balaban J connectivity index is 1.27. The first-order chi connectivity index (χ1) is 16.5. The first-order valence-electron chi connectivity index (χ1n) is 10.5. The van der Waals surface area contributed by atoms with Gasteiger partial charge in [-0.2, -0.15) is 0 Å². The van der Waals surface area contributed by atoms with Crippen molar-refractivity contribution in [2.75, 3.05) is 6.79 Å². The van der Waals surface area contributed by atoms with Gasteiger partial charge in [0, 0.05) is 23.2 Å². The topological polar surface area (TPSA) is 71.3 Å². The maximum Gasteiger partial charge on any atom is 0.231 e. The van der Waals surface area contributed by atoms with Crippen LogP contribution in [0.25, 0.3) is 10.6 Å². The summed E-state index contributed by atoms with van der Waals surface area (Å²) in [5.74, 6) is 2.80. The van der Waals surface area contributed by atoms with Gasteiger partial charge in [0.05, 0.1) is 10.7 Å². The molecule has 34 heavy (non-hydrogen) atoms. The van der Waals surface area contributed by atoms with Crippen LogP contribution >= 0.6 is 34.7 Å². The van der Waals surface area contributed by atoms with Gasteiger partial charge in [0.1, 0.15) is 16.6 Å². The first-order valence-corrected chi connectivity index (χ1v) is 12.8. The molecule has 5 rings (SSSR count). The number of hydrogen-bond acceptors (Lipinski definition) is 8. The fourth-order valence-corrected chi connectivity index (χ4v) is 5.53. The molecule has 1 aliphatic rings. The second-order valence-electron chi connectivity index (χ2n) is 7.42. The summed E-state index contributed by atoms with van der Waals surface area (Å²) in [6.07, 6.45) is -0.415. The summed E-state index contributed by atoms with van der Waals surface area (Å²) in [7, 11) is 0. The molecule has 0 aliphatic carbocycles. The van der Waals surface area contributed by atoms with E-state index in [0.717, 1.165) is 32.9 Å². The minimum atomic E-state index is -0.415. The summed E-state index contributed by atoms with van der Waals surface area (Å²) in [6, 6.07) is 9.88. The standard InChI is InChI=1S/C23H20ClFN4O3S2/c1-3-29-21(13(2)32-18-7-5-15(25)9-17(18)24)27-28-23(29)34-11-16-10-33-22(26-16)14-4-6-19-20(8-14)31-12-30-19/h4-10,13H,3,11-12H2,1-2H3. The molecule has 0 radical (unpaired) electrons.